The number of carbonyl (C=O) groups is 3. The number of hydrogen-bond acceptors (Lipinski definition) is 6. The summed E-state index contributed by atoms with van der Waals surface area (Å²) in [6.45, 7) is 0.280. The summed E-state index contributed by atoms with van der Waals surface area (Å²) in [7, 11) is 6.65. The van der Waals surface area contributed by atoms with Crippen LogP contribution in [0.3, 0.4) is 0 Å². The second kappa shape index (κ2) is 11.1. The largest absolute Gasteiger partial charge is 0.453 e. The van der Waals surface area contributed by atoms with Crippen molar-refractivity contribution < 1.29 is 23.5 Å². The Labute approximate surface area is 219 Å². The van der Waals surface area contributed by atoms with E-state index in [1.54, 1.807) is 71.4 Å². The highest BCUT2D eigenvalue weighted by Crippen LogP contribution is 2.38. The number of amides is 3. The number of ether oxygens (including phenoxy) is 1. The van der Waals surface area contributed by atoms with Crippen molar-refractivity contribution >= 4 is 51.9 Å². The molecule has 0 spiro atoms. The Balaban J connectivity index is 1.71. The summed E-state index contributed by atoms with van der Waals surface area (Å²) in [5, 5.41) is 8.64. The molecule has 1 aliphatic rings. The number of benzene rings is 3. The molecule has 0 saturated carbocycles. The van der Waals surface area contributed by atoms with E-state index >= 15 is 0 Å². The Morgan fingerprint density at radius 2 is 1.55 bits per heavy atom. The highest BCUT2D eigenvalue weighted by molar-refractivity contribution is 6.37. The predicted molar refractivity (Wildman–Crippen MR) is 146 cm³/mol. The normalized spacial score (nSPS) is 13.5. The van der Waals surface area contributed by atoms with Crippen LogP contribution in [-0.2, 0) is 14.3 Å². The van der Waals surface area contributed by atoms with E-state index in [-0.39, 0.29) is 18.4 Å². The van der Waals surface area contributed by atoms with E-state index < -0.39 is 11.9 Å². The molecular weight excluding hydrogens is 489 g/mol. The van der Waals surface area contributed by atoms with Gasteiger partial charge in [0.2, 0.25) is 5.91 Å². The number of anilines is 4. The number of likely N-dealkylation sites (N-methyl/N-ethyl adjacent to an activating group) is 2. The van der Waals surface area contributed by atoms with Gasteiger partial charge in [0, 0.05) is 29.7 Å². The van der Waals surface area contributed by atoms with Crippen molar-refractivity contribution in [1.29, 1.82) is 0 Å². The molecule has 0 fully saturated rings. The zero-order valence-corrected chi connectivity index (χ0v) is 21.5. The van der Waals surface area contributed by atoms with Crippen LogP contribution in [0.2, 0.25) is 0 Å². The average molecular weight is 518 g/mol. The minimum atomic E-state index is -0.602. The van der Waals surface area contributed by atoms with Gasteiger partial charge in [0.15, 0.2) is 0 Å². The molecule has 0 bridgehead atoms. The van der Waals surface area contributed by atoms with Crippen LogP contribution in [0.25, 0.3) is 11.3 Å². The molecule has 3 amide bonds. The molecule has 196 valence electrons. The molecule has 0 radical (unpaired) electrons. The Morgan fingerprint density at radius 1 is 0.921 bits per heavy atom. The van der Waals surface area contributed by atoms with Crippen molar-refractivity contribution in [2.75, 3.05) is 55.6 Å². The van der Waals surface area contributed by atoms with Crippen molar-refractivity contribution in [2.24, 2.45) is 0 Å². The van der Waals surface area contributed by atoms with Gasteiger partial charge in [0.1, 0.15) is 5.82 Å². The monoisotopic (exact) mass is 517 g/mol. The minimum absolute atomic E-state index is 0.0503. The van der Waals surface area contributed by atoms with Crippen molar-refractivity contribution in [3.63, 3.8) is 0 Å². The summed E-state index contributed by atoms with van der Waals surface area (Å²) < 4.78 is 18.5. The van der Waals surface area contributed by atoms with E-state index in [1.165, 1.54) is 19.2 Å². The number of rotatable bonds is 7. The fourth-order valence-electron chi connectivity index (χ4n) is 3.99. The van der Waals surface area contributed by atoms with Gasteiger partial charge in [-0.05, 0) is 74.3 Å². The van der Waals surface area contributed by atoms with Crippen LogP contribution in [0, 0.1) is 5.82 Å². The van der Waals surface area contributed by atoms with E-state index in [4.69, 9.17) is 0 Å². The summed E-state index contributed by atoms with van der Waals surface area (Å²) in [5.41, 5.74) is 4.33. The van der Waals surface area contributed by atoms with Crippen LogP contribution in [0.5, 0.6) is 0 Å². The van der Waals surface area contributed by atoms with Crippen LogP contribution < -0.4 is 20.9 Å². The van der Waals surface area contributed by atoms with Crippen molar-refractivity contribution in [2.45, 2.75) is 0 Å². The fraction of sp³-hybridized carbons (Fsp3) is 0.179. The van der Waals surface area contributed by atoms with Gasteiger partial charge in [-0.2, -0.15) is 0 Å². The molecule has 0 unspecified atom stereocenters. The lowest BCUT2D eigenvalue weighted by Gasteiger charge is -2.20. The quantitative estimate of drug-likeness (QED) is 0.400. The molecule has 3 aromatic carbocycles. The zero-order chi connectivity index (χ0) is 27.4. The lowest BCUT2D eigenvalue weighted by atomic mass is 9.99. The minimum Gasteiger partial charge on any atom is -0.453 e. The molecule has 0 aromatic heterocycles. The van der Waals surface area contributed by atoms with E-state index in [0.29, 0.717) is 45.1 Å². The van der Waals surface area contributed by atoms with Crippen LogP contribution in [0.15, 0.2) is 66.7 Å². The second-order valence-corrected chi connectivity index (χ2v) is 8.95. The number of halogens is 1. The zero-order valence-electron chi connectivity index (χ0n) is 21.5. The predicted octanol–water partition coefficient (Wildman–Crippen LogP) is 4.46. The maximum Gasteiger partial charge on any atom is 0.411 e. The van der Waals surface area contributed by atoms with Gasteiger partial charge in [-0.15, -0.1) is 0 Å². The highest BCUT2D eigenvalue weighted by Gasteiger charge is 2.29. The van der Waals surface area contributed by atoms with Gasteiger partial charge in [-0.1, -0.05) is 12.1 Å². The van der Waals surface area contributed by atoms with Crippen LogP contribution in [-0.4, -0.2) is 57.6 Å². The SMILES string of the molecule is COC(=O)Nc1ccc(/C(Nc2ccc(N(C)C(=O)CN(C)C)cc2)=C2/C(=O)Nc3cc(F)ccc32)cc1. The summed E-state index contributed by atoms with van der Waals surface area (Å²) in [4.78, 5) is 40.4. The summed E-state index contributed by atoms with van der Waals surface area (Å²) >= 11 is 0. The van der Waals surface area contributed by atoms with Gasteiger partial charge < -0.3 is 25.2 Å². The third-order valence-corrected chi connectivity index (χ3v) is 5.93. The summed E-state index contributed by atoms with van der Waals surface area (Å²) in [5.74, 6) is -0.886. The molecule has 9 nitrogen and oxygen atoms in total. The lowest BCUT2D eigenvalue weighted by molar-refractivity contribution is -0.119. The molecule has 10 heteroatoms. The molecule has 1 aliphatic heterocycles. The molecule has 0 aliphatic carbocycles. The topological polar surface area (TPSA) is 103 Å². The Hall–Kier alpha value is -4.70. The van der Waals surface area contributed by atoms with Gasteiger partial charge in [-0.3, -0.25) is 14.9 Å². The van der Waals surface area contributed by atoms with Gasteiger partial charge in [-0.25, -0.2) is 9.18 Å². The second-order valence-electron chi connectivity index (χ2n) is 8.95. The van der Waals surface area contributed by atoms with Gasteiger partial charge in [0.05, 0.1) is 30.6 Å². The Kier molecular flexibility index (Phi) is 7.73. The third kappa shape index (κ3) is 5.81. The first kappa shape index (κ1) is 26.4. The van der Waals surface area contributed by atoms with Crippen molar-refractivity contribution in [3.8, 4) is 0 Å². The molecule has 1 heterocycles. The molecule has 0 saturated heterocycles. The van der Waals surface area contributed by atoms with E-state index in [1.807, 2.05) is 14.1 Å². The van der Waals surface area contributed by atoms with Crippen LogP contribution in [0.1, 0.15) is 11.1 Å². The summed E-state index contributed by atoms with van der Waals surface area (Å²) in [6.07, 6.45) is -0.602. The van der Waals surface area contributed by atoms with Crippen LogP contribution >= 0.6 is 0 Å². The number of carbonyl (C=O) groups excluding carboxylic acids is 3. The van der Waals surface area contributed by atoms with Gasteiger partial charge >= 0.3 is 6.09 Å². The first-order chi connectivity index (χ1) is 18.2. The molecular formula is C28H28FN5O4. The number of nitrogens with zero attached hydrogens (tertiary/aromatic N) is 2. The standard InChI is InChI=1S/C28H28FN5O4/c1-33(2)16-24(35)34(3)21-12-10-19(11-13-21)30-26(17-5-8-20(9-6-17)31-28(37)38-4)25-22-14-7-18(29)15-23(22)32-27(25)36/h5-15,30H,16H2,1-4H3,(H,31,37)(H,32,36)/b26-25-. The smallest absolute Gasteiger partial charge is 0.411 e. The first-order valence-corrected chi connectivity index (χ1v) is 11.8. The highest BCUT2D eigenvalue weighted by atomic mass is 19.1. The molecule has 4 rings (SSSR count). The van der Waals surface area contributed by atoms with E-state index in [2.05, 4.69) is 20.7 Å². The Morgan fingerprint density at radius 3 is 2.18 bits per heavy atom. The lowest BCUT2D eigenvalue weighted by Crippen LogP contribution is -2.34. The maximum atomic E-state index is 13.8. The van der Waals surface area contributed by atoms with Gasteiger partial charge in [0.25, 0.3) is 5.91 Å². The number of methoxy groups -OCH3 is 1. The number of hydrogen-bond donors (Lipinski definition) is 3. The van der Waals surface area contributed by atoms with Crippen molar-refractivity contribution in [1.82, 2.24) is 4.90 Å². The van der Waals surface area contributed by atoms with Crippen molar-refractivity contribution in [3.05, 3.63) is 83.7 Å². The molecule has 38 heavy (non-hydrogen) atoms. The summed E-state index contributed by atoms with van der Waals surface area (Å²) in [6, 6.07) is 18.2. The first-order valence-electron chi connectivity index (χ1n) is 11.8. The Bertz CT molecular complexity index is 1400. The molecule has 0 atom stereocenters. The number of nitrogens with one attached hydrogen (secondary N) is 3. The number of fused-ring (bicyclic) bond motifs is 1. The maximum absolute atomic E-state index is 13.8. The van der Waals surface area contributed by atoms with E-state index in [9.17, 15) is 18.8 Å². The van der Waals surface area contributed by atoms with E-state index in [0.717, 1.165) is 0 Å². The average Bonchev–Trinajstić information content (AvgIpc) is 3.21. The van der Waals surface area contributed by atoms with Crippen LogP contribution in [0.4, 0.5) is 31.9 Å². The third-order valence-electron chi connectivity index (χ3n) is 5.93. The molecule has 3 N–H and O–H groups in total. The molecule has 3 aromatic rings. The fourth-order valence-corrected chi connectivity index (χ4v) is 3.99.